The van der Waals surface area contributed by atoms with Gasteiger partial charge < -0.3 is 18.7 Å². The van der Waals surface area contributed by atoms with Crippen molar-refractivity contribution in [3.8, 4) is 17.2 Å². The number of phosphoric ester groups is 1. The fourth-order valence-corrected chi connectivity index (χ4v) is 3.28. The summed E-state index contributed by atoms with van der Waals surface area (Å²) in [5, 5.41) is 0. The van der Waals surface area contributed by atoms with Gasteiger partial charge in [0.1, 0.15) is 17.2 Å². The molecule has 0 saturated carbocycles. The molecule has 0 aromatic heterocycles. The third-order valence-electron chi connectivity index (χ3n) is 3.66. The van der Waals surface area contributed by atoms with E-state index in [1.54, 1.807) is 48.5 Å². The molecule has 0 saturated heterocycles. The molecule has 3 aromatic carbocycles. The zero-order chi connectivity index (χ0) is 20.9. The van der Waals surface area contributed by atoms with Gasteiger partial charge in [-0.15, -0.1) is 0 Å². The van der Waals surface area contributed by atoms with E-state index in [4.69, 9.17) is 13.8 Å². The topological polar surface area (TPSA) is 102 Å². The summed E-state index contributed by atoms with van der Waals surface area (Å²) in [6, 6.07) is 20.0. The van der Waals surface area contributed by atoms with Gasteiger partial charge in [-0.2, -0.15) is 0 Å². The molecule has 1 atom stereocenters. The standard InChI is InChI=1S/C21H17O7P.Na/c1-15(22)26-20-14-18(28-29(24,25)27-17-10-6-3-7-11-17)12-13-19(20)21(23)16-8-4-2-5-9-16;/h2-14H,1H3,(H,24,25);/q;+1/p-1. The molecular formula is C21H16NaO7P. The Morgan fingerprint density at radius 1 is 0.833 bits per heavy atom. The number of rotatable bonds is 7. The van der Waals surface area contributed by atoms with Gasteiger partial charge in [0, 0.05) is 18.6 Å². The van der Waals surface area contributed by atoms with Crippen molar-refractivity contribution >= 4 is 19.6 Å². The fourth-order valence-electron chi connectivity index (χ4n) is 2.49. The Bertz CT molecular complexity index is 1070. The molecule has 0 aliphatic carbocycles. The van der Waals surface area contributed by atoms with Crippen molar-refractivity contribution in [2.45, 2.75) is 6.92 Å². The molecule has 0 heterocycles. The smallest absolute Gasteiger partial charge is 0.736 e. The summed E-state index contributed by atoms with van der Waals surface area (Å²) in [6.07, 6.45) is 0. The number of para-hydroxylation sites is 1. The summed E-state index contributed by atoms with van der Waals surface area (Å²) in [4.78, 5) is 36.3. The van der Waals surface area contributed by atoms with Gasteiger partial charge in [-0.3, -0.25) is 9.59 Å². The molecule has 30 heavy (non-hydrogen) atoms. The Hall–Kier alpha value is -2.41. The molecule has 0 N–H and O–H groups in total. The van der Waals surface area contributed by atoms with Crippen LogP contribution in [-0.4, -0.2) is 11.8 Å². The number of carbonyl (C=O) groups excluding carboxylic acids is 2. The molecule has 0 aliphatic heterocycles. The van der Waals surface area contributed by atoms with Crippen molar-refractivity contribution in [1.82, 2.24) is 0 Å². The molecule has 0 radical (unpaired) electrons. The minimum absolute atomic E-state index is 0. The van der Waals surface area contributed by atoms with Gasteiger partial charge in [-0.05, 0) is 24.3 Å². The molecule has 0 fully saturated rings. The van der Waals surface area contributed by atoms with Gasteiger partial charge in [0.25, 0.3) is 0 Å². The first-order chi connectivity index (χ1) is 13.8. The van der Waals surface area contributed by atoms with Gasteiger partial charge in [-0.1, -0.05) is 48.5 Å². The van der Waals surface area contributed by atoms with E-state index in [1.807, 2.05) is 0 Å². The van der Waals surface area contributed by atoms with Crippen LogP contribution in [-0.2, 0) is 9.36 Å². The zero-order valence-electron chi connectivity index (χ0n) is 16.3. The maximum Gasteiger partial charge on any atom is 1.00 e. The molecule has 0 aliphatic rings. The van der Waals surface area contributed by atoms with E-state index in [2.05, 4.69) is 0 Å². The van der Waals surface area contributed by atoms with E-state index in [1.165, 1.54) is 31.2 Å². The van der Waals surface area contributed by atoms with Crippen molar-refractivity contribution in [1.29, 1.82) is 0 Å². The Balaban J connectivity index is 0.00000320. The first-order valence-electron chi connectivity index (χ1n) is 8.51. The molecular weight excluding hydrogens is 418 g/mol. The Morgan fingerprint density at radius 3 is 2.00 bits per heavy atom. The van der Waals surface area contributed by atoms with Crippen LogP contribution in [0, 0.1) is 0 Å². The van der Waals surface area contributed by atoms with Crippen molar-refractivity contribution in [2.24, 2.45) is 0 Å². The SMILES string of the molecule is CC(=O)Oc1cc(OP(=O)([O-])Oc2ccccc2)ccc1C(=O)c1ccccc1.[Na+]. The zero-order valence-corrected chi connectivity index (χ0v) is 19.2. The van der Waals surface area contributed by atoms with Gasteiger partial charge in [0.05, 0.1) is 5.56 Å². The van der Waals surface area contributed by atoms with Crippen LogP contribution in [0.25, 0.3) is 0 Å². The minimum atomic E-state index is -4.76. The van der Waals surface area contributed by atoms with E-state index in [9.17, 15) is 19.0 Å². The number of ketones is 1. The predicted molar refractivity (Wildman–Crippen MR) is 103 cm³/mol. The van der Waals surface area contributed by atoms with Crippen LogP contribution in [0.4, 0.5) is 0 Å². The number of hydrogen-bond donors (Lipinski definition) is 0. The molecule has 148 valence electrons. The van der Waals surface area contributed by atoms with Gasteiger partial charge >= 0.3 is 43.3 Å². The molecule has 1 unspecified atom stereocenters. The number of hydrogen-bond acceptors (Lipinski definition) is 7. The van der Waals surface area contributed by atoms with Crippen LogP contribution in [0.15, 0.2) is 78.9 Å². The molecule has 7 nitrogen and oxygen atoms in total. The molecule has 0 amide bonds. The average Bonchev–Trinajstić information content (AvgIpc) is 2.68. The summed E-state index contributed by atoms with van der Waals surface area (Å²) in [6.45, 7) is 1.17. The number of phosphoric acid groups is 1. The van der Waals surface area contributed by atoms with Crippen LogP contribution >= 0.6 is 7.82 Å². The van der Waals surface area contributed by atoms with Gasteiger partial charge in [0.15, 0.2) is 5.78 Å². The second-order valence-electron chi connectivity index (χ2n) is 5.89. The number of benzene rings is 3. The minimum Gasteiger partial charge on any atom is -0.736 e. The molecule has 3 rings (SSSR count). The van der Waals surface area contributed by atoms with E-state index in [-0.39, 0.29) is 58.2 Å². The van der Waals surface area contributed by atoms with Crippen LogP contribution < -0.4 is 48.2 Å². The number of esters is 1. The normalized spacial score (nSPS) is 12.1. The summed E-state index contributed by atoms with van der Waals surface area (Å²) < 4.78 is 27.1. The van der Waals surface area contributed by atoms with Gasteiger partial charge in [0.2, 0.25) is 0 Å². The summed E-state index contributed by atoms with van der Waals surface area (Å²) >= 11 is 0. The summed E-state index contributed by atoms with van der Waals surface area (Å²) in [7, 11) is -4.76. The quantitative estimate of drug-likeness (QED) is 0.178. The Kier molecular flexibility index (Phi) is 8.41. The van der Waals surface area contributed by atoms with Crippen molar-refractivity contribution in [3.63, 3.8) is 0 Å². The summed E-state index contributed by atoms with van der Waals surface area (Å²) in [5.41, 5.74) is 0.472. The first kappa shape index (κ1) is 23.9. The van der Waals surface area contributed by atoms with E-state index in [0.29, 0.717) is 5.56 Å². The fraction of sp³-hybridized carbons (Fsp3) is 0.0476. The van der Waals surface area contributed by atoms with Crippen LogP contribution in [0.2, 0.25) is 0 Å². The monoisotopic (exact) mass is 434 g/mol. The third-order valence-corrected chi connectivity index (χ3v) is 4.53. The second-order valence-corrected chi connectivity index (χ2v) is 7.15. The van der Waals surface area contributed by atoms with Crippen molar-refractivity contribution in [3.05, 3.63) is 90.0 Å². The molecule has 0 bridgehead atoms. The van der Waals surface area contributed by atoms with Gasteiger partial charge in [-0.25, -0.2) is 4.57 Å². The van der Waals surface area contributed by atoms with Crippen LogP contribution in [0.3, 0.4) is 0 Å². The Labute approximate surface area is 195 Å². The van der Waals surface area contributed by atoms with Crippen molar-refractivity contribution in [2.75, 3.05) is 0 Å². The Morgan fingerprint density at radius 2 is 1.40 bits per heavy atom. The van der Waals surface area contributed by atoms with Crippen molar-refractivity contribution < 1.29 is 62.4 Å². The van der Waals surface area contributed by atoms with Crippen LogP contribution in [0.1, 0.15) is 22.8 Å². The molecule has 3 aromatic rings. The predicted octanol–water partition coefficient (Wildman–Crippen LogP) is 0.773. The van der Waals surface area contributed by atoms with Crippen LogP contribution in [0.5, 0.6) is 17.2 Å². The molecule has 0 spiro atoms. The second kappa shape index (κ2) is 10.6. The average molecular weight is 434 g/mol. The first-order valence-corrected chi connectivity index (χ1v) is 9.98. The van der Waals surface area contributed by atoms with E-state index >= 15 is 0 Å². The number of ether oxygens (including phenoxy) is 1. The maximum absolute atomic E-state index is 12.7. The summed E-state index contributed by atoms with van der Waals surface area (Å²) in [5.74, 6) is -1.26. The maximum atomic E-state index is 12.7. The number of carbonyl (C=O) groups is 2. The third kappa shape index (κ3) is 6.55. The van der Waals surface area contributed by atoms with E-state index < -0.39 is 13.8 Å². The van der Waals surface area contributed by atoms with E-state index in [0.717, 1.165) is 6.07 Å². The molecule has 9 heteroatoms. The largest absolute Gasteiger partial charge is 1.00 e.